The van der Waals surface area contributed by atoms with Gasteiger partial charge in [0, 0.05) is 31.1 Å². The van der Waals surface area contributed by atoms with E-state index in [4.69, 9.17) is 0 Å². The Kier molecular flexibility index (Phi) is 1.45. The first-order chi connectivity index (χ1) is 6.68. The molecular formula is C11H16N2O. The molecule has 3 nitrogen and oxygen atoms in total. The van der Waals surface area contributed by atoms with Crippen LogP contribution in [0.2, 0.25) is 0 Å². The van der Waals surface area contributed by atoms with Gasteiger partial charge in [0.05, 0.1) is 0 Å². The molecule has 0 amide bonds. The average Bonchev–Trinajstić information content (AvgIpc) is 2.92. The molecule has 0 bridgehead atoms. The van der Waals surface area contributed by atoms with Crippen molar-refractivity contribution in [1.29, 1.82) is 0 Å². The minimum atomic E-state index is 0. The summed E-state index contributed by atoms with van der Waals surface area (Å²) in [7, 11) is 0. The minimum Gasteiger partial charge on any atom is -0.367 e. The van der Waals surface area contributed by atoms with E-state index in [0.717, 1.165) is 17.8 Å². The van der Waals surface area contributed by atoms with Crippen LogP contribution >= 0.6 is 0 Å². The Morgan fingerprint density at radius 2 is 2.36 bits per heavy atom. The molecule has 4 atom stereocenters. The van der Waals surface area contributed by atoms with Gasteiger partial charge in [-0.25, -0.2) is 4.99 Å². The van der Waals surface area contributed by atoms with Crippen molar-refractivity contribution in [2.45, 2.75) is 26.3 Å². The van der Waals surface area contributed by atoms with Crippen LogP contribution < -0.4 is 5.32 Å². The molecule has 1 aliphatic carbocycles. The normalized spacial score (nSPS) is 44.3. The molecule has 14 heavy (non-hydrogen) atoms. The summed E-state index contributed by atoms with van der Waals surface area (Å²) in [6.07, 6.45) is 3.11. The van der Waals surface area contributed by atoms with Gasteiger partial charge in [-0.3, -0.25) is 4.79 Å². The van der Waals surface area contributed by atoms with Crippen molar-refractivity contribution in [2.24, 2.45) is 22.7 Å². The molecule has 0 aromatic heterocycles. The van der Waals surface area contributed by atoms with Gasteiger partial charge in [0.2, 0.25) is 0 Å². The zero-order chi connectivity index (χ0) is 9.87. The van der Waals surface area contributed by atoms with E-state index in [9.17, 15) is 4.79 Å². The number of nitrogens with one attached hydrogen (secondary N) is 1. The minimum absolute atomic E-state index is 0. The Hall–Kier alpha value is -1.12. The maximum atomic E-state index is 12.0. The molecule has 4 unspecified atom stereocenters. The Bertz CT molecular complexity index is 375. The molecule has 1 N–H and O–H groups in total. The van der Waals surface area contributed by atoms with Gasteiger partial charge in [0.1, 0.15) is 5.82 Å². The first kappa shape index (κ1) is 8.21. The van der Waals surface area contributed by atoms with Crippen LogP contribution in [0.15, 0.2) is 16.4 Å². The molecule has 76 valence electrons. The van der Waals surface area contributed by atoms with Gasteiger partial charge in [-0.1, -0.05) is 6.92 Å². The molecule has 0 spiro atoms. The highest BCUT2D eigenvalue weighted by atomic mass is 16.1. The lowest BCUT2D eigenvalue weighted by Gasteiger charge is -2.30. The summed E-state index contributed by atoms with van der Waals surface area (Å²) in [5, 5.41) is 3.32. The number of carbonyl (C=O) groups is 1. The summed E-state index contributed by atoms with van der Waals surface area (Å²) in [6, 6.07) is 0.216. The molecule has 1 saturated carbocycles. The molecule has 2 aliphatic heterocycles. The number of hydrogen-bond donors (Lipinski definition) is 1. The Morgan fingerprint density at radius 1 is 1.57 bits per heavy atom. The highest BCUT2D eigenvalue weighted by Gasteiger charge is 2.48. The molecule has 2 heterocycles. The van der Waals surface area contributed by atoms with Crippen molar-refractivity contribution < 1.29 is 6.22 Å². The Balaban J connectivity index is 0.000000853. The monoisotopic (exact) mass is 192 g/mol. The smallest absolute Gasteiger partial charge is 0.167 e. The predicted octanol–water partition coefficient (Wildman–Crippen LogP) is 1.36. The fraction of sp³-hybridized carbons (Fsp3) is 0.636. The van der Waals surface area contributed by atoms with E-state index >= 15 is 0 Å². The van der Waals surface area contributed by atoms with E-state index in [1.54, 1.807) is 0 Å². The molecule has 3 heteroatoms. The van der Waals surface area contributed by atoms with E-state index in [1.807, 2.05) is 20.1 Å². The van der Waals surface area contributed by atoms with Crippen molar-refractivity contribution in [3.05, 3.63) is 11.4 Å². The second kappa shape index (κ2) is 2.47. The fourth-order valence-corrected chi connectivity index (χ4v) is 2.35. The van der Waals surface area contributed by atoms with Gasteiger partial charge < -0.3 is 5.32 Å². The number of Topliss-reactive ketones (excluding diaryl/α,β-unsaturated/α-hetero) is 1. The van der Waals surface area contributed by atoms with Gasteiger partial charge in [-0.2, -0.15) is 0 Å². The van der Waals surface area contributed by atoms with Crippen molar-refractivity contribution in [3.8, 4) is 0 Å². The van der Waals surface area contributed by atoms with Crippen LogP contribution in [0.25, 0.3) is 0 Å². The third kappa shape index (κ3) is 0.925. The van der Waals surface area contributed by atoms with Gasteiger partial charge in [0.25, 0.3) is 0 Å². The number of ketones is 1. The number of fused-ring (bicyclic) bond motifs is 2. The van der Waals surface area contributed by atoms with Crippen LogP contribution in [0.3, 0.4) is 0 Å². The van der Waals surface area contributed by atoms with Crippen molar-refractivity contribution in [2.75, 3.05) is 0 Å². The number of carbonyl (C=O) groups excluding carboxylic acids is 1. The lowest BCUT2D eigenvalue weighted by atomic mass is 9.86. The van der Waals surface area contributed by atoms with Crippen LogP contribution in [0.5, 0.6) is 0 Å². The molecule has 0 aromatic carbocycles. The topological polar surface area (TPSA) is 41.5 Å². The molecular weight excluding hydrogens is 176 g/mol. The second-order valence-corrected chi connectivity index (χ2v) is 4.63. The quantitative estimate of drug-likeness (QED) is 0.629. The van der Waals surface area contributed by atoms with Crippen molar-refractivity contribution in [3.63, 3.8) is 0 Å². The summed E-state index contributed by atoms with van der Waals surface area (Å²) in [4.78, 5) is 16.4. The van der Waals surface area contributed by atoms with E-state index in [1.165, 1.54) is 0 Å². The third-order valence-electron chi connectivity index (χ3n) is 3.65. The van der Waals surface area contributed by atoms with Crippen molar-refractivity contribution >= 4 is 12.0 Å². The zero-order valence-electron chi connectivity index (χ0n) is 8.45. The molecule has 3 aliphatic rings. The van der Waals surface area contributed by atoms with E-state index in [2.05, 4.69) is 10.3 Å². The van der Waals surface area contributed by atoms with Gasteiger partial charge in [0.15, 0.2) is 5.78 Å². The predicted molar refractivity (Wildman–Crippen MR) is 56.0 cm³/mol. The summed E-state index contributed by atoms with van der Waals surface area (Å²) in [6.45, 7) is 4.04. The molecule has 0 saturated heterocycles. The molecule has 3 rings (SSSR count). The SMILES string of the molecule is CC1NC2=C(C(=O)C1C)C1CC1C=N2.[HH]. The Morgan fingerprint density at radius 3 is 3.14 bits per heavy atom. The average molecular weight is 192 g/mol. The Labute approximate surface area is 84.8 Å². The highest BCUT2D eigenvalue weighted by Crippen LogP contribution is 2.48. The van der Waals surface area contributed by atoms with Crippen LogP contribution in [0.1, 0.15) is 21.7 Å². The molecule has 0 aromatic rings. The largest absolute Gasteiger partial charge is 0.367 e. The fourth-order valence-electron chi connectivity index (χ4n) is 2.35. The summed E-state index contributed by atoms with van der Waals surface area (Å²) in [5.41, 5.74) is 0.975. The summed E-state index contributed by atoms with van der Waals surface area (Å²) >= 11 is 0. The zero-order valence-corrected chi connectivity index (χ0v) is 8.45. The van der Waals surface area contributed by atoms with E-state index < -0.39 is 0 Å². The number of rotatable bonds is 0. The number of aliphatic imine (C=N–C) groups is 1. The number of nitrogens with zero attached hydrogens (tertiary/aromatic N) is 1. The van der Waals surface area contributed by atoms with Crippen LogP contribution in [-0.2, 0) is 4.79 Å². The first-order valence-corrected chi connectivity index (χ1v) is 5.27. The van der Waals surface area contributed by atoms with Crippen LogP contribution in [0, 0.1) is 17.8 Å². The maximum Gasteiger partial charge on any atom is 0.167 e. The third-order valence-corrected chi connectivity index (χ3v) is 3.65. The number of hydrogen-bond acceptors (Lipinski definition) is 3. The van der Waals surface area contributed by atoms with Gasteiger partial charge >= 0.3 is 0 Å². The van der Waals surface area contributed by atoms with Crippen LogP contribution in [0.4, 0.5) is 0 Å². The van der Waals surface area contributed by atoms with Crippen LogP contribution in [-0.4, -0.2) is 18.0 Å². The number of allylic oxidation sites excluding steroid dienone is 1. The summed E-state index contributed by atoms with van der Waals surface area (Å²) < 4.78 is 0. The highest BCUT2D eigenvalue weighted by molar-refractivity contribution is 6.01. The van der Waals surface area contributed by atoms with E-state index in [0.29, 0.717) is 17.6 Å². The van der Waals surface area contributed by atoms with Gasteiger partial charge in [-0.05, 0) is 19.3 Å². The standard InChI is InChI=1S/C11H14N2O.H2/c1-5-6(2)13-11-9(10(5)14)8-3-7(8)4-12-11;/h4-8,13H,3H2,1-2H3;1H. The lowest BCUT2D eigenvalue weighted by Crippen LogP contribution is -2.43. The van der Waals surface area contributed by atoms with E-state index in [-0.39, 0.29) is 13.4 Å². The molecule has 1 fully saturated rings. The molecule has 0 radical (unpaired) electrons. The first-order valence-electron chi connectivity index (χ1n) is 5.27. The summed E-state index contributed by atoms with van der Waals surface area (Å²) in [5.74, 6) is 2.30. The van der Waals surface area contributed by atoms with Gasteiger partial charge in [-0.15, -0.1) is 0 Å². The lowest BCUT2D eigenvalue weighted by molar-refractivity contribution is -0.120. The van der Waals surface area contributed by atoms with Crippen molar-refractivity contribution in [1.82, 2.24) is 5.32 Å². The maximum absolute atomic E-state index is 12.0. The second-order valence-electron chi connectivity index (χ2n) is 4.63.